The third-order valence-corrected chi connectivity index (χ3v) is 6.69. The summed E-state index contributed by atoms with van der Waals surface area (Å²) in [5, 5.41) is 29.9. The lowest BCUT2D eigenvalue weighted by Crippen LogP contribution is -2.13. The van der Waals surface area contributed by atoms with Crippen molar-refractivity contribution in [1.82, 2.24) is 20.4 Å². The van der Waals surface area contributed by atoms with Crippen molar-refractivity contribution in [3.8, 4) is 6.07 Å². The number of rotatable bonds is 6. The van der Waals surface area contributed by atoms with Gasteiger partial charge in [0.05, 0.1) is 44.7 Å². The molecule has 0 bridgehead atoms. The van der Waals surface area contributed by atoms with E-state index >= 15 is 0 Å². The Labute approximate surface area is 226 Å². The molecule has 2 heterocycles. The number of halogens is 4. The molecule has 0 fully saturated rings. The fourth-order valence-electron chi connectivity index (χ4n) is 3.80. The van der Waals surface area contributed by atoms with E-state index in [0.29, 0.717) is 59.3 Å². The normalized spacial score (nSPS) is 11.8. The van der Waals surface area contributed by atoms with Gasteiger partial charge in [0.25, 0.3) is 0 Å². The van der Waals surface area contributed by atoms with Crippen molar-refractivity contribution in [2.24, 2.45) is 0 Å². The van der Waals surface area contributed by atoms with Gasteiger partial charge in [-0.3, -0.25) is 4.98 Å². The molecule has 0 saturated carbocycles. The predicted molar refractivity (Wildman–Crippen MR) is 145 cm³/mol. The van der Waals surface area contributed by atoms with Crippen molar-refractivity contribution in [1.29, 1.82) is 5.26 Å². The lowest BCUT2D eigenvalue weighted by atomic mass is 10.0. The molecule has 3 N–H and O–H groups in total. The van der Waals surface area contributed by atoms with Crippen molar-refractivity contribution < 1.29 is 0 Å². The number of anilines is 3. The van der Waals surface area contributed by atoms with E-state index in [4.69, 9.17) is 46.4 Å². The molecule has 3 aromatic carbocycles. The predicted octanol–water partition coefficient (Wildman–Crippen LogP) is 7.78. The van der Waals surface area contributed by atoms with Crippen LogP contribution in [-0.4, -0.2) is 20.4 Å². The average Bonchev–Trinajstić information content (AvgIpc) is 3.40. The van der Waals surface area contributed by atoms with Crippen molar-refractivity contribution in [3.63, 3.8) is 0 Å². The van der Waals surface area contributed by atoms with Gasteiger partial charge in [-0.05, 0) is 48.0 Å². The highest BCUT2D eigenvalue weighted by molar-refractivity contribution is 6.42. The fourth-order valence-corrected chi connectivity index (χ4v) is 4.45. The first-order valence-electron chi connectivity index (χ1n) is 10.5. The number of nitrogens with zero attached hydrogens (tertiary/aromatic N) is 4. The topological polar surface area (TPSA) is 102 Å². The Morgan fingerprint density at radius 3 is 2.39 bits per heavy atom. The molecule has 0 radical (unpaired) electrons. The maximum absolute atomic E-state index is 9.78. The Balaban J connectivity index is 1.63. The Kier molecular flexibility index (Phi) is 6.86. The van der Waals surface area contributed by atoms with Crippen molar-refractivity contribution in [3.05, 3.63) is 104 Å². The number of nitriles is 1. The van der Waals surface area contributed by atoms with E-state index < -0.39 is 0 Å². The van der Waals surface area contributed by atoms with E-state index in [0.717, 1.165) is 5.56 Å². The van der Waals surface area contributed by atoms with Gasteiger partial charge in [0.2, 0.25) is 0 Å². The second-order valence-electron chi connectivity index (χ2n) is 7.79. The minimum atomic E-state index is -0.383. The van der Waals surface area contributed by atoms with Crippen LogP contribution >= 0.6 is 46.4 Å². The SMILES string of the molecule is N#Cc1cnc2c(N[C@@H](c3ccc(Cl)cc3)c3cn[nH]n3)cc(Cl)cc2c1Nc1ccc(Cl)c(Cl)c1. The van der Waals surface area contributed by atoms with Gasteiger partial charge in [0.15, 0.2) is 0 Å². The van der Waals surface area contributed by atoms with Crippen LogP contribution in [0.25, 0.3) is 10.9 Å². The molecular weight excluding hydrogens is 540 g/mol. The number of H-pyrrole nitrogens is 1. The quantitative estimate of drug-likeness (QED) is 0.198. The zero-order valence-corrected chi connectivity index (χ0v) is 21.3. The van der Waals surface area contributed by atoms with Crippen LogP contribution < -0.4 is 10.6 Å². The summed E-state index contributed by atoms with van der Waals surface area (Å²) >= 11 is 24.9. The van der Waals surface area contributed by atoms with Crippen LogP contribution in [0.1, 0.15) is 22.9 Å². The first-order valence-corrected chi connectivity index (χ1v) is 12.1. The molecule has 5 aromatic rings. The summed E-state index contributed by atoms with van der Waals surface area (Å²) in [5.74, 6) is 0. The molecule has 0 amide bonds. The first kappa shape index (κ1) is 24.2. The van der Waals surface area contributed by atoms with Crippen LogP contribution in [0.15, 0.2) is 67.0 Å². The van der Waals surface area contributed by atoms with Crippen LogP contribution in [-0.2, 0) is 0 Å². The minimum absolute atomic E-state index is 0.340. The van der Waals surface area contributed by atoms with Gasteiger partial charge in [0, 0.05) is 27.3 Å². The third kappa shape index (κ3) is 4.90. The second-order valence-corrected chi connectivity index (χ2v) is 9.47. The van der Waals surface area contributed by atoms with E-state index in [1.807, 2.05) is 12.1 Å². The molecule has 0 aliphatic carbocycles. The van der Waals surface area contributed by atoms with Crippen LogP contribution in [0.2, 0.25) is 20.1 Å². The minimum Gasteiger partial charge on any atom is -0.371 e. The Morgan fingerprint density at radius 2 is 1.69 bits per heavy atom. The summed E-state index contributed by atoms with van der Waals surface area (Å²) in [5.41, 5.74) is 4.34. The molecule has 11 heteroatoms. The van der Waals surface area contributed by atoms with E-state index in [9.17, 15) is 5.26 Å². The molecule has 0 aliphatic rings. The summed E-state index contributed by atoms with van der Waals surface area (Å²) in [7, 11) is 0. The number of hydrogen-bond donors (Lipinski definition) is 3. The lowest BCUT2D eigenvalue weighted by Gasteiger charge is -2.21. The number of aromatic nitrogens is 4. The molecule has 2 aromatic heterocycles. The summed E-state index contributed by atoms with van der Waals surface area (Å²) in [6.07, 6.45) is 3.15. The van der Waals surface area contributed by atoms with E-state index in [1.54, 1.807) is 48.7 Å². The van der Waals surface area contributed by atoms with Crippen LogP contribution in [0, 0.1) is 11.3 Å². The molecular formula is C25H15Cl4N7. The third-order valence-electron chi connectivity index (χ3n) is 5.48. The highest BCUT2D eigenvalue weighted by atomic mass is 35.5. The Morgan fingerprint density at radius 1 is 0.889 bits per heavy atom. The van der Waals surface area contributed by atoms with E-state index in [1.165, 1.54) is 6.20 Å². The summed E-state index contributed by atoms with van der Waals surface area (Å²) in [4.78, 5) is 4.57. The van der Waals surface area contributed by atoms with Crippen molar-refractivity contribution in [2.75, 3.05) is 10.6 Å². The number of fused-ring (bicyclic) bond motifs is 1. The molecule has 1 atom stereocenters. The van der Waals surface area contributed by atoms with Gasteiger partial charge in [-0.15, -0.1) is 0 Å². The monoisotopic (exact) mass is 553 g/mol. The average molecular weight is 555 g/mol. The van der Waals surface area contributed by atoms with Gasteiger partial charge < -0.3 is 10.6 Å². The number of pyridine rings is 1. The number of aromatic amines is 1. The molecule has 0 saturated heterocycles. The number of hydrogen-bond acceptors (Lipinski definition) is 6. The van der Waals surface area contributed by atoms with Crippen LogP contribution in [0.3, 0.4) is 0 Å². The van der Waals surface area contributed by atoms with Crippen LogP contribution in [0.4, 0.5) is 17.1 Å². The molecule has 178 valence electrons. The van der Waals surface area contributed by atoms with Crippen molar-refractivity contribution >= 4 is 74.4 Å². The Bertz CT molecular complexity index is 1600. The highest BCUT2D eigenvalue weighted by Gasteiger charge is 2.20. The lowest BCUT2D eigenvalue weighted by molar-refractivity contribution is 0.852. The molecule has 36 heavy (non-hydrogen) atoms. The molecule has 0 unspecified atom stereocenters. The smallest absolute Gasteiger partial charge is 0.109 e. The number of nitrogens with one attached hydrogen (secondary N) is 3. The van der Waals surface area contributed by atoms with Crippen molar-refractivity contribution in [2.45, 2.75) is 6.04 Å². The van der Waals surface area contributed by atoms with Crippen LogP contribution in [0.5, 0.6) is 0 Å². The maximum Gasteiger partial charge on any atom is 0.109 e. The van der Waals surface area contributed by atoms with Gasteiger partial charge in [0.1, 0.15) is 11.8 Å². The second kappa shape index (κ2) is 10.2. The fraction of sp³-hybridized carbons (Fsp3) is 0.0400. The largest absolute Gasteiger partial charge is 0.371 e. The first-order chi connectivity index (χ1) is 17.4. The summed E-state index contributed by atoms with van der Waals surface area (Å²) < 4.78 is 0. The molecule has 5 rings (SSSR count). The molecule has 7 nitrogen and oxygen atoms in total. The van der Waals surface area contributed by atoms with Gasteiger partial charge >= 0.3 is 0 Å². The van der Waals surface area contributed by atoms with Gasteiger partial charge in [-0.1, -0.05) is 58.5 Å². The van der Waals surface area contributed by atoms with Gasteiger partial charge in [-0.25, -0.2) is 0 Å². The Hall–Kier alpha value is -3.54. The number of benzene rings is 3. The molecule has 0 aliphatic heterocycles. The summed E-state index contributed by atoms with van der Waals surface area (Å²) in [6, 6.07) is 17.9. The maximum atomic E-state index is 9.78. The zero-order valence-electron chi connectivity index (χ0n) is 18.2. The summed E-state index contributed by atoms with van der Waals surface area (Å²) in [6.45, 7) is 0. The molecule has 0 spiro atoms. The standard InChI is InChI=1S/C25H15Cl4N7/c26-15-3-1-13(2-4-15)24(22-12-32-36-35-22)34-21-8-16(27)7-18-23(14(10-30)11-31-25(18)21)33-17-5-6-19(28)20(29)9-17/h1-9,11-12,24,34H,(H,31,33)(H,32,35,36)/t24-/m0/s1. The van der Waals surface area contributed by atoms with E-state index in [2.05, 4.69) is 37.1 Å². The highest BCUT2D eigenvalue weighted by Crippen LogP contribution is 2.38. The zero-order chi connectivity index (χ0) is 25.2. The van der Waals surface area contributed by atoms with Gasteiger partial charge in [-0.2, -0.15) is 20.7 Å². The van der Waals surface area contributed by atoms with E-state index in [-0.39, 0.29) is 6.04 Å².